The number of allylic oxidation sites excluding steroid dienone is 1. The molecule has 12 heteroatoms. The number of nitrogens with one attached hydrogen (secondary N) is 3. The van der Waals surface area contributed by atoms with Crippen molar-refractivity contribution in [2.75, 3.05) is 5.32 Å². The van der Waals surface area contributed by atoms with E-state index in [2.05, 4.69) is 36.1 Å². The lowest BCUT2D eigenvalue weighted by Crippen LogP contribution is -2.27. The van der Waals surface area contributed by atoms with Crippen LogP contribution in [0.3, 0.4) is 0 Å². The number of aldehydes is 1. The molecule has 5 rings (SSSR count). The monoisotopic (exact) mass is 542 g/mol. The van der Waals surface area contributed by atoms with Gasteiger partial charge < -0.3 is 15.6 Å². The van der Waals surface area contributed by atoms with E-state index in [1.807, 2.05) is 12.2 Å². The third-order valence-electron chi connectivity index (χ3n) is 6.06. The fourth-order valence-corrected chi connectivity index (χ4v) is 4.34. The van der Waals surface area contributed by atoms with Gasteiger partial charge in [-0.3, -0.25) is 14.4 Å². The van der Waals surface area contributed by atoms with Crippen molar-refractivity contribution >= 4 is 41.5 Å². The molecule has 2 bridgehead atoms. The fraction of sp³-hybridized carbons (Fsp3) is 0.148. The molecule has 2 aromatic heterocycles. The van der Waals surface area contributed by atoms with Crippen LogP contribution in [0, 0.1) is 0 Å². The summed E-state index contributed by atoms with van der Waals surface area (Å²) < 4.78 is 1.48. The molecule has 11 nitrogen and oxygen atoms in total. The number of amides is 2. The molecule has 0 fully saturated rings. The molecule has 0 unspecified atom stereocenters. The van der Waals surface area contributed by atoms with Crippen LogP contribution in [0.1, 0.15) is 47.1 Å². The molecule has 0 radical (unpaired) electrons. The summed E-state index contributed by atoms with van der Waals surface area (Å²) in [7, 11) is 0. The van der Waals surface area contributed by atoms with Crippen LogP contribution >= 0.6 is 11.6 Å². The number of fused-ring (bicyclic) bond motifs is 4. The first-order chi connectivity index (χ1) is 19.0. The first kappa shape index (κ1) is 25.7. The highest BCUT2D eigenvalue weighted by Gasteiger charge is 2.19. The summed E-state index contributed by atoms with van der Waals surface area (Å²) in [6, 6.07) is 9.72. The number of rotatable bonds is 5. The van der Waals surface area contributed by atoms with Crippen LogP contribution in [0.5, 0.6) is 0 Å². The summed E-state index contributed by atoms with van der Waals surface area (Å²) >= 11 is 6.18. The first-order valence-electron chi connectivity index (χ1n) is 12.1. The second-order valence-electron chi connectivity index (χ2n) is 8.75. The zero-order chi connectivity index (χ0) is 27.2. The van der Waals surface area contributed by atoms with E-state index in [-0.39, 0.29) is 11.8 Å². The molecule has 2 aromatic carbocycles. The SMILES string of the molecule is O=Cc1ccc2c(c1)-c1cnc([nH]1)[C@@H](NC(=O)/C=C/c1cc(Cl)ccc1-n1cnnn1)C/C=C/CCC(=O)N2. The number of aromatic nitrogens is 6. The van der Waals surface area contributed by atoms with Gasteiger partial charge in [0.05, 0.1) is 29.3 Å². The van der Waals surface area contributed by atoms with Gasteiger partial charge in [-0.25, -0.2) is 4.98 Å². The molecular formula is C27H23ClN8O3. The largest absolute Gasteiger partial charge is 0.342 e. The van der Waals surface area contributed by atoms with E-state index in [0.717, 1.165) is 6.29 Å². The minimum Gasteiger partial charge on any atom is -0.342 e. The maximum Gasteiger partial charge on any atom is 0.244 e. The lowest BCUT2D eigenvalue weighted by Gasteiger charge is -2.14. The minimum absolute atomic E-state index is 0.143. The van der Waals surface area contributed by atoms with Gasteiger partial charge >= 0.3 is 0 Å². The molecule has 0 saturated heterocycles. The number of aromatic amines is 1. The molecule has 0 spiro atoms. The van der Waals surface area contributed by atoms with E-state index in [0.29, 0.717) is 63.9 Å². The molecule has 39 heavy (non-hydrogen) atoms. The Kier molecular flexibility index (Phi) is 7.69. The number of imidazole rings is 1. The van der Waals surface area contributed by atoms with Crippen molar-refractivity contribution in [1.82, 2.24) is 35.5 Å². The van der Waals surface area contributed by atoms with Gasteiger partial charge in [-0.2, -0.15) is 4.68 Å². The van der Waals surface area contributed by atoms with E-state index in [4.69, 9.17) is 11.6 Å². The van der Waals surface area contributed by atoms with Crippen molar-refractivity contribution in [3.8, 4) is 16.9 Å². The van der Waals surface area contributed by atoms with Crippen LogP contribution in [0.2, 0.25) is 5.02 Å². The number of anilines is 1. The third kappa shape index (κ3) is 6.16. The Morgan fingerprint density at radius 1 is 1.18 bits per heavy atom. The minimum atomic E-state index is -0.479. The van der Waals surface area contributed by atoms with Gasteiger partial charge in [-0.15, -0.1) is 5.10 Å². The molecule has 1 aliphatic heterocycles. The molecule has 1 aliphatic rings. The Bertz CT molecular complexity index is 1580. The zero-order valence-electron chi connectivity index (χ0n) is 20.5. The third-order valence-corrected chi connectivity index (χ3v) is 6.30. The van der Waals surface area contributed by atoms with Crippen molar-refractivity contribution in [2.24, 2.45) is 0 Å². The van der Waals surface area contributed by atoms with Crippen molar-refractivity contribution in [3.05, 3.63) is 89.1 Å². The van der Waals surface area contributed by atoms with Crippen LogP contribution in [-0.2, 0) is 9.59 Å². The molecular weight excluding hydrogens is 520 g/mol. The number of carbonyl (C=O) groups excluding carboxylic acids is 3. The average Bonchev–Trinajstić information content (AvgIpc) is 3.64. The Labute approximate surface area is 228 Å². The molecule has 196 valence electrons. The number of tetrazole rings is 1. The molecule has 3 heterocycles. The van der Waals surface area contributed by atoms with Gasteiger partial charge in [0.15, 0.2) is 0 Å². The predicted octanol–water partition coefficient (Wildman–Crippen LogP) is 4.07. The van der Waals surface area contributed by atoms with E-state index in [9.17, 15) is 14.4 Å². The molecule has 1 atom stereocenters. The van der Waals surface area contributed by atoms with E-state index in [1.165, 1.54) is 17.1 Å². The summed E-state index contributed by atoms with van der Waals surface area (Å²) in [6.07, 6.45) is 11.9. The lowest BCUT2D eigenvalue weighted by atomic mass is 10.1. The second kappa shape index (κ2) is 11.7. The van der Waals surface area contributed by atoms with E-state index >= 15 is 0 Å². The number of H-pyrrole nitrogens is 1. The summed E-state index contributed by atoms with van der Waals surface area (Å²) in [6.45, 7) is 0. The van der Waals surface area contributed by atoms with Gasteiger partial charge in [0.25, 0.3) is 0 Å². The van der Waals surface area contributed by atoms with Gasteiger partial charge in [0, 0.05) is 34.2 Å². The van der Waals surface area contributed by atoms with Crippen LogP contribution in [0.25, 0.3) is 23.0 Å². The number of hydrogen-bond donors (Lipinski definition) is 3. The smallest absolute Gasteiger partial charge is 0.244 e. The zero-order valence-corrected chi connectivity index (χ0v) is 21.3. The quantitative estimate of drug-likeness (QED) is 0.195. The van der Waals surface area contributed by atoms with Gasteiger partial charge in [-0.05, 0) is 65.7 Å². The normalized spacial score (nSPS) is 16.3. The van der Waals surface area contributed by atoms with Crippen molar-refractivity contribution in [1.29, 1.82) is 0 Å². The number of nitrogens with zero attached hydrogens (tertiary/aromatic N) is 5. The number of carbonyl (C=O) groups is 3. The molecule has 2 amide bonds. The molecule has 0 aliphatic carbocycles. The summed E-state index contributed by atoms with van der Waals surface area (Å²) in [5, 5.41) is 17.6. The van der Waals surface area contributed by atoms with Crippen molar-refractivity contribution < 1.29 is 14.4 Å². The van der Waals surface area contributed by atoms with Crippen molar-refractivity contribution in [2.45, 2.75) is 25.3 Å². The standard InChI is InChI=1S/C27H23ClN8O3/c28-19-8-10-24(36-16-30-34-35-36)18(13-19)7-11-26(39)32-22-4-2-1-3-5-25(38)31-21-9-6-17(15-37)12-20(21)23-14-29-27(22)33-23/h1-2,6-16,22H,3-5H2,(H,29,33)(H,31,38)(H,32,39)/b2-1+,11-7+/t22-/m0/s1. The van der Waals surface area contributed by atoms with Crippen molar-refractivity contribution in [3.63, 3.8) is 0 Å². The predicted molar refractivity (Wildman–Crippen MR) is 145 cm³/mol. The second-order valence-corrected chi connectivity index (χ2v) is 9.19. The maximum atomic E-state index is 13.0. The Balaban J connectivity index is 1.42. The highest BCUT2D eigenvalue weighted by Crippen LogP contribution is 2.30. The Morgan fingerprint density at radius 2 is 2.08 bits per heavy atom. The number of hydrogen-bond acceptors (Lipinski definition) is 7. The van der Waals surface area contributed by atoms with Gasteiger partial charge in [0.1, 0.15) is 18.4 Å². The van der Waals surface area contributed by atoms with Gasteiger partial charge in [0.2, 0.25) is 11.8 Å². The fourth-order valence-electron chi connectivity index (χ4n) is 4.16. The Hall–Kier alpha value is -4.90. The summed E-state index contributed by atoms with van der Waals surface area (Å²) in [5.74, 6) is 0.0381. The van der Waals surface area contributed by atoms with Crippen LogP contribution in [0.15, 0.2) is 67.2 Å². The van der Waals surface area contributed by atoms with E-state index in [1.54, 1.807) is 48.7 Å². The number of halogens is 1. The number of benzene rings is 2. The lowest BCUT2D eigenvalue weighted by molar-refractivity contribution is -0.117. The van der Waals surface area contributed by atoms with E-state index < -0.39 is 6.04 Å². The van der Waals surface area contributed by atoms with Crippen LogP contribution in [-0.4, -0.2) is 48.3 Å². The Morgan fingerprint density at radius 3 is 2.90 bits per heavy atom. The molecule has 4 aromatic rings. The average molecular weight is 543 g/mol. The van der Waals surface area contributed by atoms with Crippen LogP contribution in [0.4, 0.5) is 5.69 Å². The first-order valence-corrected chi connectivity index (χ1v) is 12.5. The van der Waals surface area contributed by atoms with Gasteiger partial charge in [-0.1, -0.05) is 23.8 Å². The highest BCUT2D eigenvalue weighted by molar-refractivity contribution is 6.30. The topological polar surface area (TPSA) is 148 Å². The molecule has 3 N–H and O–H groups in total. The summed E-state index contributed by atoms with van der Waals surface area (Å²) in [5.41, 5.74) is 3.56. The van der Waals surface area contributed by atoms with Crippen LogP contribution < -0.4 is 10.6 Å². The molecule has 0 saturated carbocycles. The highest BCUT2D eigenvalue weighted by atomic mass is 35.5. The maximum absolute atomic E-state index is 13.0. The summed E-state index contributed by atoms with van der Waals surface area (Å²) in [4.78, 5) is 44.6.